The Morgan fingerprint density at radius 2 is 1.97 bits per heavy atom. The van der Waals surface area contributed by atoms with Crippen LogP contribution in [-0.2, 0) is 4.79 Å². The van der Waals surface area contributed by atoms with E-state index in [1.807, 2.05) is 19.9 Å². The lowest BCUT2D eigenvalue weighted by Gasteiger charge is -2.20. The highest BCUT2D eigenvalue weighted by atomic mass is 19.1. The molecule has 33 heavy (non-hydrogen) atoms. The van der Waals surface area contributed by atoms with Crippen molar-refractivity contribution in [2.45, 2.75) is 13.8 Å². The van der Waals surface area contributed by atoms with E-state index in [0.717, 1.165) is 11.1 Å². The molecule has 0 bridgehead atoms. The quantitative estimate of drug-likeness (QED) is 0.233. The predicted molar refractivity (Wildman–Crippen MR) is 128 cm³/mol. The van der Waals surface area contributed by atoms with Crippen molar-refractivity contribution in [3.05, 3.63) is 65.1 Å². The molecule has 0 saturated heterocycles. The summed E-state index contributed by atoms with van der Waals surface area (Å²) in [6, 6.07) is 8.12. The van der Waals surface area contributed by atoms with E-state index >= 15 is 0 Å². The molecule has 0 fully saturated rings. The molecule has 8 heteroatoms. The molecule has 0 saturated carbocycles. The van der Waals surface area contributed by atoms with Crippen molar-refractivity contribution in [1.82, 2.24) is 5.32 Å². The van der Waals surface area contributed by atoms with Crippen LogP contribution in [-0.4, -0.2) is 50.6 Å². The number of anilines is 1. The molecular formula is C25H28FN3O4. The minimum atomic E-state index is -0.501. The summed E-state index contributed by atoms with van der Waals surface area (Å²) in [5, 5.41) is 14.6. The van der Waals surface area contributed by atoms with Gasteiger partial charge in [0, 0.05) is 18.8 Å². The van der Waals surface area contributed by atoms with Gasteiger partial charge in [-0.05, 0) is 67.6 Å². The maximum Gasteiger partial charge on any atom is 0.274 e. The van der Waals surface area contributed by atoms with Crippen molar-refractivity contribution in [3.63, 3.8) is 0 Å². The first-order valence-electron chi connectivity index (χ1n) is 10.6. The minimum absolute atomic E-state index is 0.0478. The summed E-state index contributed by atoms with van der Waals surface area (Å²) < 4.78 is 25.7. The molecule has 7 nitrogen and oxygen atoms in total. The van der Waals surface area contributed by atoms with E-state index in [1.54, 1.807) is 24.3 Å². The van der Waals surface area contributed by atoms with Gasteiger partial charge < -0.3 is 25.2 Å². The van der Waals surface area contributed by atoms with Crippen molar-refractivity contribution >= 4 is 18.3 Å². The molecule has 0 unspecified atom stereocenters. The number of carbonyl (C=O) groups excluding carboxylic acids is 1. The highest BCUT2D eigenvalue weighted by Gasteiger charge is 2.17. The summed E-state index contributed by atoms with van der Waals surface area (Å²) in [4.78, 5) is 16.6. The molecule has 2 aromatic rings. The number of aliphatic hydroxyl groups is 1. The van der Waals surface area contributed by atoms with Gasteiger partial charge in [0.1, 0.15) is 24.7 Å². The van der Waals surface area contributed by atoms with Crippen molar-refractivity contribution in [1.29, 1.82) is 0 Å². The molecule has 1 heterocycles. The Labute approximate surface area is 192 Å². The molecule has 2 aromatic carbocycles. The van der Waals surface area contributed by atoms with E-state index in [1.165, 1.54) is 12.1 Å². The first-order chi connectivity index (χ1) is 15.9. The SMILES string of the molecule is C=N/C(=C\C=C(/C)CNCCO)C(=O)Nc1cc(F)cc(-c2ccc3c(c2)OCCO3)c1C. The van der Waals surface area contributed by atoms with Crippen molar-refractivity contribution in [3.8, 4) is 22.6 Å². The number of hydrogen-bond donors (Lipinski definition) is 3. The van der Waals surface area contributed by atoms with Crippen LogP contribution in [0.25, 0.3) is 11.1 Å². The molecule has 0 aliphatic carbocycles. The van der Waals surface area contributed by atoms with Crippen LogP contribution in [0.3, 0.4) is 0 Å². The van der Waals surface area contributed by atoms with Gasteiger partial charge in [0.2, 0.25) is 0 Å². The first-order valence-corrected chi connectivity index (χ1v) is 10.6. The Balaban J connectivity index is 1.83. The predicted octanol–water partition coefficient (Wildman–Crippen LogP) is 3.62. The van der Waals surface area contributed by atoms with E-state index in [0.29, 0.717) is 54.6 Å². The van der Waals surface area contributed by atoms with Gasteiger partial charge in [-0.25, -0.2) is 4.39 Å². The molecule has 0 atom stereocenters. The molecular weight excluding hydrogens is 425 g/mol. The molecule has 3 N–H and O–H groups in total. The smallest absolute Gasteiger partial charge is 0.274 e. The summed E-state index contributed by atoms with van der Waals surface area (Å²) >= 11 is 0. The summed E-state index contributed by atoms with van der Waals surface area (Å²) in [5.41, 5.74) is 3.46. The summed E-state index contributed by atoms with van der Waals surface area (Å²) in [5.74, 6) is 0.266. The van der Waals surface area contributed by atoms with Gasteiger partial charge in [-0.3, -0.25) is 9.79 Å². The zero-order valence-corrected chi connectivity index (χ0v) is 18.8. The van der Waals surface area contributed by atoms with Gasteiger partial charge >= 0.3 is 0 Å². The molecule has 3 rings (SSSR count). The maximum atomic E-state index is 14.5. The minimum Gasteiger partial charge on any atom is -0.486 e. The maximum absolute atomic E-state index is 14.5. The standard InChI is InChI=1S/C25H28FN3O4/c1-16(15-28-8-9-30)4-6-21(27-3)25(31)29-22-14-19(26)13-20(17(22)2)18-5-7-23-24(12-18)33-11-10-32-23/h4-7,12-14,28,30H,3,8-11,15H2,1-2H3,(H,29,31)/b16-4+,21-6-. The number of fused-ring (bicyclic) bond motifs is 1. The number of ether oxygens (including phenoxy) is 2. The first kappa shape index (κ1) is 24.2. The zero-order chi connectivity index (χ0) is 23.8. The monoisotopic (exact) mass is 453 g/mol. The lowest BCUT2D eigenvalue weighted by molar-refractivity contribution is -0.112. The van der Waals surface area contributed by atoms with Crippen molar-refractivity contribution in [2.24, 2.45) is 4.99 Å². The van der Waals surface area contributed by atoms with Gasteiger partial charge in [0.25, 0.3) is 5.91 Å². The summed E-state index contributed by atoms with van der Waals surface area (Å²) in [7, 11) is 0. The Hall–Kier alpha value is -3.49. The molecule has 1 aliphatic rings. The lowest BCUT2D eigenvalue weighted by atomic mass is 9.98. The number of amides is 1. The lowest BCUT2D eigenvalue weighted by Crippen LogP contribution is -2.20. The van der Waals surface area contributed by atoms with Crippen LogP contribution >= 0.6 is 0 Å². The third-order valence-electron chi connectivity index (χ3n) is 5.09. The summed E-state index contributed by atoms with van der Waals surface area (Å²) in [6.07, 6.45) is 3.29. The Bertz CT molecular complexity index is 1100. The molecule has 1 aliphatic heterocycles. The van der Waals surface area contributed by atoms with Gasteiger partial charge in [-0.15, -0.1) is 0 Å². The van der Waals surface area contributed by atoms with Crippen molar-refractivity contribution < 1.29 is 23.8 Å². The molecule has 0 spiro atoms. The second-order valence-corrected chi connectivity index (χ2v) is 7.56. The second-order valence-electron chi connectivity index (χ2n) is 7.56. The van der Waals surface area contributed by atoms with Crippen LogP contribution in [0, 0.1) is 12.7 Å². The van der Waals surface area contributed by atoms with Crippen molar-refractivity contribution in [2.75, 3.05) is 38.2 Å². The topological polar surface area (TPSA) is 92.2 Å². The number of hydrogen-bond acceptors (Lipinski definition) is 6. The third-order valence-corrected chi connectivity index (χ3v) is 5.09. The highest BCUT2D eigenvalue weighted by Crippen LogP contribution is 2.37. The number of carbonyl (C=O) groups is 1. The fraction of sp³-hybridized carbons (Fsp3) is 0.280. The number of rotatable bonds is 9. The normalized spacial score (nSPS) is 13.6. The van der Waals surface area contributed by atoms with Gasteiger partial charge in [-0.2, -0.15) is 0 Å². The Morgan fingerprint density at radius 3 is 2.70 bits per heavy atom. The molecule has 1 amide bonds. The van der Waals surface area contributed by atoms with E-state index < -0.39 is 11.7 Å². The Kier molecular flexibility index (Phi) is 8.34. The number of allylic oxidation sites excluding steroid dienone is 2. The highest BCUT2D eigenvalue weighted by molar-refractivity contribution is 6.05. The fourth-order valence-corrected chi connectivity index (χ4v) is 3.35. The van der Waals surface area contributed by atoms with Crippen LogP contribution in [0.2, 0.25) is 0 Å². The van der Waals surface area contributed by atoms with Crippen LogP contribution in [0.5, 0.6) is 11.5 Å². The third kappa shape index (κ3) is 6.27. The zero-order valence-electron chi connectivity index (χ0n) is 18.8. The largest absolute Gasteiger partial charge is 0.486 e. The number of halogens is 1. The van der Waals surface area contributed by atoms with E-state index in [2.05, 4.69) is 22.3 Å². The van der Waals surface area contributed by atoms with Gasteiger partial charge in [0.05, 0.1) is 6.61 Å². The van der Waals surface area contributed by atoms with E-state index in [9.17, 15) is 9.18 Å². The van der Waals surface area contributed by atoms with Crippen LogP contribution in [0.4, 0.5) is 10.1 Å². The second kappa shape index (κ2) is 11.4. The van der Waals surface area contributed by atoms with Gasteiger partial charge in [-0.1, -0.05) is 17.7 Å². The Morgan fingerprint density at radius 1 is 1.21 bits per heavy atom. The number of nitrogens with zero attached hydrogens (tertiary/aromatic N) is 1. The number of nitrogens with one attached hydrogen (secondary N) is 2. The number of aliphatic hydroxyl groups excluding tert-OH is 1. The van der Waals surface area contributed by atoms with Crippen LogP contribution < -0.4 is 20.1 Å². The summed E-state index contributed by atoms with van der Waals surface area (Å²) in [6.45, 7) is 9.19. The molecule has 174 valence electrons. The van der Waals surface area contributed by atoms with Crippen LogP contribution in [0.15, 0.2) is 58.7 Å². The number of aliphatic imine (C=N–C) groups is 1. The average Bonchev–Trinajstić information content (AvgIpc) is 2.81. The fourth-order valence-electron chi connectivity index (χ4n) is 3.35. The molecule has 0 aromatic heterocycles. The average molecular weight is 454 g/mol. The van der Waals surface area contributed by atoms with Crippen LogP contribution in [0.1, 0.15) is 12.5 Å². The van der Waals surface area contributed by atoms with E-state index in [-0.39, 0.29) is 12.3 Å². The van der Waals surface area contributed by atoms with E-state index in [4.69, 9.17) is 14.6 Å². The molecule has 0 radical (unpaired) electrons. The van der Waals surface area contributed by atoms with Gasteiger partial charge in [0.15, 0.2) is 11.5 Å². The number of benzene rings is 2.